The lowest BCUT2D eigenvalue weighted by Gasteiger charge is -2.11. The maximum absolute atomic E-state index is 5.90. The van der Waals surface area contributed by atoms with Gasteiger partial charge in [-0.15, -0.1) is 0 Å². The minimum atomic E-state index is 0.666. The van der Waals surface area contributed by atoms with Crippen molar-refractivity contribution in [3.63, 3.8) is 0 Å². The van der Waals surface area contributed by atoms with Gasteiger partial charge in [-0.05, 0) is 38.6 Å². The molecule has 0 amide bonds. The van der Waals surface area contributed by atoms with Gasteiger partial charge in [0, 0.05) is 18.3 Å². The van der Waals surface area contributed by atoms with Gasteiger partial charge in [-0.1, -0.05) is 23.8 Å². The minimum absolute atomic E-state index is 0.666. The second kappa shape index (κ2) is 5.65. The van der Waals surface area contributed by atoms with Crippen molar-refractivity contribution in [2.24, 2.45) is 0 Å². The molecule has 1 heterocycles. The van der Waals surface area contributed by atoms with Crippen LogP contribution in [0.25, 0.3) is 0 Å². The van der Waals surface area contributed by atoms with E-state index in [1.54, 1.807) is 6.20 Å². The standard InChI is InChI=1S/C15H18N2O/c1-11-6-7-14(12(2)9-11)18-15-13(10-16-3)5-4-8-17-15/h4-9,16H,10H2,1-3H3. The van der Waals surface area contributed by atoms with Crippen molar-refractivity contribution in [3.05, 3.63) is 53.2 Å². The van der Waals surface area contributed by atoms with Crippen molar-refractivity contribution < 1.29 is 4.74 Å². The third-order valence-electron chi connectivity index (χ3n) is 2.75. The van der Waals surface area contributed by atoms with E-state index in [1.807, 2.05) is 38.2 Å². The highest BCUT2D eigenvalue weighted by atomic mass is 16.5. The van der Waals surface area contributed by atoms with Crippen LogP contribution in [0.15, 0.2) is 36.5 Å². The van der Waals surface area contributed by atoms with Gasteiger partial charge in [-0.3, -0.25) is 0 Å². The number of pyridine rings is 1. The molecule has 0 saturated carbocycles. The lowest BCUT2D eigenvalue weighted by Crippen LogP contribution is -2.07. The largest absolute Gasteiger partial charge is 0.438 e. The number of nitrogens with zero attached hydrogens (tertiary/aromatic N) is 1. The third kappa shape index (κ3) is 2.87. The van der Waals surface area contributed by atoms with Crippen LogP contribution in [-0.2, 0) is 6.54 Å². The maximum atomic E-state index is 5.90. The average molecular weight is 242 g/mol. The molecule has 0 radical (unpaired) electrons. The van der Waals surface area contributed by atoms with Crippen LogP contribution in [0.5, 0.6) is 11.6 Å². The van der Waals surface area contributed by atoms with Crippen molar-refractivity contribution in [1.29, 1.82) is 0 Å². The molecule has 0 unspecified atom stereocenters. The molecule has 0 atom stereocenters. The molecule has 0 aliphatic heterocycles. The topological polar surface area (TPSA) is 34.2 Å². The smallest absolute Gasteiger partial charge is 0.223 e. The molecule has 3 heteroatoms. The highest BCUT2D eigenvalue weighted by Gasteiger charge is 2.07. The molecule has 2 rings (SSSR count). The van der Waals surface area contributed by atoms with Crippen LogP contribution in [0.3, 0.4) is 0 Å². The van der Waals surface area contributed by atoms with Crippen LogP contribution in [0, 0.1) is 13.8 Å². The van der Waals surface area contributed by atoms with Crippen LogP contribution in [0.4, 0.5) is 0 Å². The lowest BCUT2D eigenvalue weighted by molar-refractivity contribution is 0.451. The Kier molecular flexibility index (Phi) is 3.95. The van der Waals surface area contributed by atoms with E-state index in [-0.39, 0.29) is 0 Å². The summed E-state index contributed by atoms with van der Waals surface area (Å²) in [4.78, 5) is 4.29. The van der Waals surface area contributed by atoms with Crippen LogP contribution >= 0.6 is 0 Å². The number of rotatable bonds is 4. The Morgan fingerprint density at radius 2 is 2.06 bits per heavy atom. The number of benzene rings is 1. The Bertz CT molecular complexity index is 538. The van der Waals surface area contributed by atoms with E-state index in [4.69, 9.17) is 4.74 Å². The first kappa shape index (κ1) is 12.6. The summed E-state index contributed by atoms with van der Waals surface area (Å²) in [6, 6.07) is 10.1. The number of hydrogen-bond donors (Lipinski definition) is 1. The Balaban J connectivity index is 2.28. The second-order valence-electron chi connectivity index (χ2n) is 4.37. The first-order valence-corrected chi connectivity index (χ1v) is 6.04. The van der Waals surface area contributed by atoms with Gasteiger partial charge in [-0.2, -0.15) is 0 Å². The number of ether oxygens (including phenoxy) is 1. The highest BCUT2D eigenvalue weighted by Crippen LogP contribution is 2.26. The fourth-order valence-electron chi connectivity index (χ4n) is 1.86. The summed E-state index contributed by atoms with van der Waals surface area (Å²) in [7, 11) is 1.91. The van der Waals surface area contributed by atoms with Gasteiger partial charge in [0.15, 0.2) is 0 Å². The van der Waals surface area contributed by atoms with Crippen LogP contribution < -0.4 is 10.1 Å². The molecule has 1 aromatic carbocycles. The van der Waals surface area contributed by atoms with E-state index in [9.17, 15) is 0 Å². The Hall–Kier alpha value is -1.87. The van der Waals surface area contributed by atoms with Gasteiger partial charge in [0.1, 0.15) is 5.75 Å². The minimum Gasteiger partial charge on any atom is -0.438 e. The van der Waals surface area contributed by atoms with Gasteiger partial charge >= 0.3 is 0 Å². The van der Waals surface area contributed by atoms with E-state index in [2.05, 4.69) is 23.3 Å². The zero-order valence-electron chi connectivity index (χ0n) is 11.0. The zero-order chi connectivity index (χ0) is 13.0. The van der Waals surface area contributed by atoms with Gasteiger partial charge < -0.3 is 10.1 Å². The molecular formula is C15H18N2O. The highest BCUT2D eigenvalue weighted by molar-refractivity contribution is 5.39. The van der Waals surface area contributed by atoms with E-state index >= 15 is 0 Å². The average Bonchev–Trinajstić information content (AvgIpc) is 2.35. The molecule has 1 aromatic heterocycles. The summed E-state index contributed by atoms with van der Waals surface area (Å²) >= 11 is 0. The monoisotopic (exact) mass is 242 g/mol. The summed E-state index contributed by atoms with van der Waals surface area (Å²) in [5.74, 6) is 1.52. The Labute approximate surface area is 108 Å². The van der Waals surface area contributed by atoms with E-state index in [0.717, 1.165) is 23.4 Å². The summed E-state index contributed by atoms with van der Waals surface area (Å²) in [5, 5.41) is 3.11. The number of aryl methyl sites for hydroxylation is 2. The molecule has 3 nitrogen and oxygen atoms in total. The molecule has 1 N–H and O–H groups in total. The van der Waals surface area contributed by atoms with Gasteiger partial charge in [0.2, 0.25) is 5.88 Å². The fourth-order valence-corrected chi connectivity index (χ4v) is 1.86. The van der Waals surface area contributed by atoms with Crippen LogP contribution in [0.1, 0.15) is 16.7 Å². The van der Waals surface area contributed by atoms with Crippen molar-refractivity contribution >= 4 is 0 Å². The molecule has 0 saturated heterocycles. The van der Waals surface area contributed by atoms with E-state index in [1.165, 1.54) is 5.56 Å². The van der Waals surface area contributed by atoms with Gasteiger partial charge in [0.25, 0.3) is 0 Å². The maximum Gasteiger partial charge on any atom is 0.223 e. The summed E-state index contributed by atoms with van der Waals surface area (Å²) < 4.78 is 5.90. The fraction of sp³-hybridized carbons (Fsp3) is 0.267. The number of aromatic nitrogens is 1. The molecule has 94 valence electrons. The predicted octanol–water partition coefficient (Wildman–Crippen LogP) is 3.21. The predicted molar refractivity (Wildman–Crippen MR) is 73.0 cm³/mol. The first-order chi connectivity index (χ1) is 8.70. The molecule has 0 aliphatic rings. The molecule has 0 fully saturated rings. The number of nitrogens with one attached hydrogen (secondary N) is 1. The summed E-state index contributed by atoms with van der Waals surface area (Å²) in [6.45, 7) is 4.86. The quantitative estimate of drug-likeness (QED) is 0.894. The molecule has 18 heavy (non-hydrogen) atoms. The van der Waals surface area contributed by atoms with E-state index < -0.39 is 0 Å². The second-order valence-corrected chi connectivity index (χ2v) is 4.37. The van der Waals surface area contributed by atoms with Gasteiger partial charge in [-0.25, -0.2) is 4.98 Å². The van der Waals surface area contributed by atoms with Crippen LogP contribution in [0.2, 0.25) is 0 Å². The molecule has 0 bridgehead atoms. The molecular weight excluding hydrogens is 224 g/mol. The van der Waals surface area contributed by atoms with Crippen molar-refractivity contribution in [3.8, 4) is 11.6 Å². The van der Waals surface area contributed by atoms with Gasteiger partial charge in [0.05, 0.1) is 0 Å². The molecule has 0 aliphatic carbocycles. The van der Waals surface area contributed by atoms with E-state index in [0.29, 0.717) is 5.88 Å². The molecule has 2 aromatic rings. The molecule has 0 spiro atoms. The van der Waals surface area contributed by atoms with Crippen molar-refractivity contribution in [1.82, 2.24) is 10.3 Å². The third-order valence-corrected chi connectivity index (χ3v) is 2.75. The normalized spacial score (nSPS) is 10.4. The van der Waals surface area contributed by atoms with Crippen molar-refractivity contribution in [2.45, 2.75) is 20.4 Å². The zero-order valence-corrected chi connectivity index (χ0v) is 11.0. The summed E-state index contributed by atoms with van der Waals surface area (Å²) in [6.07, 6.45) is 1.75. The summed E-state index contributed by atoms with van der Waals surface area (Å²) in [5.41, 5.74) is 3.41. The van der Waals surface area contributed by atoms with Crippen molar-refractivity contribution in [2.75, 3.05) is 7.05 Å². The van der Waals surface area contributed by atoms with Crippen LogP contribution in [-0.4, -0.2) is 12.0 Å². The SMILES string of the molecule is CNCc1cccnc1Oc1ccc(C)cc1C. The first-order valence-electron chi connectivity index (χ1n) is 6.04. The Morgan fingerprint density at radius 1 is 1.22 bits per heavy atom. The lowest BCUT2D eigenvalue weighted by atomic mass is 10.1. The Morgan fingerprint density at radius 3 is 2.78 bits per heavy atom. The number of hydrogen-bond acceptors (Lipinski definition) is 3.